The van der Waals surface area contributed by atoms with Crippen LogP contribution in [0.3, 0.4) is 0 Å². The Balaban J connectivity index is 1.79. The number of rotatable bonds is 2. The summed E-state index contributed by atoms with van der Waals surface area (Å²) in [7, 11) is 0. The van der Waals surface area contributed by atoms with Gasteiger partial charge in [0.1, 0.15) is 0 Å². The Kier molecular flexibility index (Phi) is 1.48. The molecule has 1 heteroatoms. The molecule has 0 aromatic heterocycles. The second-order valence-corrected chi connectivity index (χ2v) is 3.95. The van der Waals surface area contributed by atoms with Gasteiger partial charge in [0, 0.05) is 13.1 Å². The van der Waals surface area contributed by atoms with Crippen molar-refractivity contribution in [2.45, 2.75) is 20.3 Å². The molecule has 2 atom stereocenters. The van der Waals surface area contributed by atoms with Crippen molar-refractivity contribution in [2.24, 2.45) is 17.8 Å². The van der Waals surface area contributed by atoms with Crippen LogP contribution >= 0.6 is 0 Å². The predicted octanol–water partition coefficient (Wildman–Crippen LogP) is 1.59. The summed E-state index contributed by atoms with van der Waals surface area (Å²) in [6.07, 6.45) is 1.33. The Morgan fingerprint density at radius 2 is 1.90 bits per heavy atom. The molecule has 10 heavy (non-hydrogen) atoms. The molecular formula is C9H17N. The van der Waals surface area contributed by atoms with E-state index in [4.69, 9.17) is 0 Å². The van der Waals surface area contributed by atoms with Gasteiger partial charge in [-0.05, 0) is 30.7 Å². The van der Waals surface area contributed by atoms with Crippen LogP contribution < -0.4 is 0 Å². The lowest BCUT2D eigenvalue weighted by Crippen LogP contribution is -2.24. The van der Waals surface area contributed by atoms with Gasteiger partial charge in [0.15, 0.2) is 0 Å². The number of piperidine rings is 1. The number of fused-ring (bicyclic) bond motifs is 1. The van der Waals surface area contributed by atoms with Crippen LogP contribution in [0.4, 0.5) is 0 Å². The van der Waals surface area contributed by atoms with E-state index in [1.165, 1.54) is 26.1 Å². The zero-order valence-corrected chi connectivity index (χ0v) is 7.01. The lowest BCUT2D eigenvalue weighted by molar-refractivity contribution is 0.290. The van der Waals surface area contributed by atoms with E-state index in [9.17, 15) is 0 Å². The van der Waals surface area contributed by atoms with Crippen molar-refractivity contribution in [3.63, 3.8) is 0 Å². The maximum atomic E-state index is 2.62. The highest BCUT2D eigenvalue weighted by Crippen LogP contribution is 2.50. The normalized spacial score (nSPS) is 45.6. The molecule has 0 radical (unpaired) electrons. The largest absolute Gasteiger partial charge is 0.303 e. The molecule has 2 rings (SSSR count). The third-order valence-electron chi connectivity index (χ3n) is 3.24. The molecule has 0 spiro atoms. The van der Waals surface area contributed by atoms with E-state index in [1.807, 2.05) is 0 Å². The van der Waals surface area contributed by atoms with Crippen molar-refractivity contribution in [3.05, 3.63) is 0 Å². The predicted molar refractivity (Wildman–Crippen MR) is 42.9 cm³/mol. The first-order valence-electron chi connectivity index (χ1n) is 4.55. The van der Waals surface area contributed by atoms with E-state index in [0.29, 0.717) is 0 Å². The minimum atomic E-state index is 1.06. The Hall–Kier alpha value is -0.0400. The van der Waals surface area contributed by atoms with Gasteiger partial charge in [-0.2, -0.15) is 0 Å². The van der Waals surface area contributed by atoms with Crippen molar-refractivity contribution in [1.82, 2.24) is 4.90 Å². The molecular weight excluding hydrogens is 122 g/mol. The fourth-order valence-corrected chi connectivity index (χ4v) is 2.41. The highest BCUT2D eigenvalue weighted by atomic mass is 15.2. The van der Waals surface area contributed by atoms with E-state index in [1.54, 1.807) is 0 Å². The topological polar surface area (TPSA) is 3.24 Å². The quantitative estimate of drug-likeness (QED) is 0.561. The molecule has 2 aliphatic rings. The molecule has 1 saturated heterocycles. The molecule has 0 aromatic rings. The monoisotopic (exact) mass is 139 g/mol. The van der Waals surface area contributed by atoms with Gasteiger partial charge >= 0.3 is 0 Å². The van der Waals surface area contributed by atoms with Gasteiger partial charge in [-0.1, -0.05) is 13.8 Å². The first kappa shape index (κ1) is 6.66. The maximum Gasteiger partial charge on any atom is 0.00157 e. The Labute approximate surface area is 63.4 Å². The Morgan fingerprint density at radius 1 is 1.30 bits per heavy atom. The van der Waals surface area contributed by atoms with Crippen molar-refractivity contribution >= 4 is 0 Å². The second kappa shape index (κ2) is 2.23. The summed E-state index contributed by atoms with van der Waals surface area (Å²) < 4.78 is 0. The van der Waals surface area contributed by atoms with Crippen molar-refractivity contribution < 1.29 is 0 Å². The number of nitrogens with zero attached hydrogens (tertiary/aromatic N) is 1. The standard InChI is InChI=1S/C9H17N/c1-3-4-10-5-8-7(2)9(8)6-10/h7-9H,3-6H2,1-2H3. The molecule has 1 aliphatic carbocycles. The number of hydrogen-bond acceptors (Lipinski definition) is 1. The average molecular weight is 139 g/mol. The Morgan fingerprint density at radius 3 is 2.40 bits per heavy atom. The molecule has 1 heterocycles. The van der Waals surface area contributed by atoms with Crippen LogP contribution in [0.1, 0.15) is 20.3 Å². The lowest BCUT2D eigenvalue weighted by atomic mass is 10.3. The van der Waals surface area contributed by atoms with E-state index in [2.05, 4.69) is 18.7 Å². The SMILES string of the molecule is CCCN1CC2C(C)C2C1. The molecule has 1 nitrogen and oxygen atoms in total. The highest BCUT2D eigenvalue weighted by molar-refractivity contribution is 5.02. The van der Waals surface area contributed by atoms with Crippen LogP contribution in [-0.2, 0) is 0 Å². The van der Waals surface area contributed by atoms with Gasteiger partial charge in [-0.25, -0.2) is 0 Å². The van der Waals surface area contributed by atoms with E-state index >= 15 is 0 Å². The molecule has 1 saturated carbocycles. The summed E-state index contributed by atoms with van der Waals surface area (Å²) in [5, 5.41) is 0. The average Bonchev–Trinajstić information content (AvgIpc) is 2.44. The first-order valence-corrected chi connectivity index (χ1v) is 4.55. The highest BCUT2D eigenvalue weighted by Gasteiger charge is 2.52. The van der Waals surface area contributed by atoms with Crippen LogP contribution in [0.25, 0.3) is 0 Å². The summed E-state index contributed by atoms with van der Waals surface area (Å²) in [4.78, 5) is 2.62. The van der Waals surface area contributed by atoms with Gasteiger partial charge in [-0.15, -0.1) is 0 Å². The molecule has 0 amide bonds. The minimum absolute atomic E-state index is 1.06. The molecule has 0 N–H and O–H groups in total. The van der Waals surface area contributed by atoms with Crippen LogP contribution in [0, 0.1) is 17.8 Å². The van der Waals surface area contributed by atoms with Crippen molar-refractivity contribution in [3.8, 4) is 0 Å². The van der Waals surface area contributed by atoms with Gasteiger partial charge in [-0.3, -0.25) is 0 Å². The summed E-state index contributed by atoms with van der Waals surface area (Å²) in [6.45, 7) is 8.81. The zero-order valence-electron chi connectivity index (χ0n) is 7.01. The molecule has 0 aromatic carbocycles. The number of hydrogen-bond donors (Lipinski definition) is 0. The van der Waals surface area contributed by atoms with E-state index in [-0.39, 0.29) is 0 Å². The molecule has 2 fully saturated rings. The zero-order chi connectivity index (χ0) is 7.14. The van der Waals surface area contributed by atoms with E-state index < -0.39 is 0 Å². The van der Waals surface area contributed by atoms with E-state index in [0.717, 1.165) is 17.8 Å². The molecule has 0 bridgehead atoms. The van der Waals surface area contributed by atoms with Gasteiger partial charge in [0.05, 0.1) is 0 Å². The molecule has 58 valence electrons. The number of likely N-dealkylation sites (tertiary alicyclic amines) is 1. The van der Waals surface area contributed by atoms with Crippen LogP contribution in [0.2, 0.25) is 0 Å². The van der Waals surface area contributed by atoms with Crippen LogP contribution in [-0.4, -0.2) is 24.5 Å². The second-order valence-electron chi connectivity index (χ2n) is 3.95. The summed E-state index contributed by atoms with van der Waals surface area (Å²) in [5.74, 6) is 3.24. The third-order valence-corrected chi connectivity index (χ3v) is 3.24. The van der Waals surface area contributed by atoms with Gasteiger partial charge < -0.3 is 4.90 Å². The van der Waals surface area contributed by atoms with Gasteiger partial charge in [0.25, 0.3) is 0 Å². The van der Waals surface area contributed by atoms with Crippen LogP contribution in [0.5, 0.6) is 0 Å². The van der Waals surface area contributed by atoms with Crippen LogP contribution in [0.15, 0.2) is 0 Å². The van der Waals surface area contributed by atoms with Crippen molar-refractivity contribution in [1.29, 1.82) is 0 Å². The fraction of sp³-hybridized carbons (Fsp3) is 1.00. The maximum absolute atomic E-state index is 2.62. The fourth-order valence-electron chi connectivity index (χ4n) is 2.41. The third kappa shape index (κ3) is 0.878. The molecule has 1 aliphatic heterocycles. The first-order chi connectivity index (χ1) is 4.83. The van der Waals surface area contributed by atoms with Crippen molar-refractivity contribution in [2.75, 3.05) is 19.6 Å². The Bertz CT molecular complexity index is 121. The minimum Gasteiger partial charge on any atom is -0.303 e. The summed E-state index contributed by atoms with van der Waals surface area (Å²) in [6, 6.07) is 0. The van der Waals surface area contributed by atoms with Gasteiger partial charge in [0.2, 0.25) is 0 Å². The lowest BCUT2D eigenvalue weighted by Gasteiger charge is -2.16. The summed E-state index contributed by atoms with van der Waals surface area (Å²) in [5.41, 5.74) is 0. The smallest absolute Gasteiger partial charge is 0.00157 e. The molecule has 2 unspecified atom stereocenters. The summed E-state index contributed by atoms with van der Waals surface area (Å²) >= 11 is 0.